The van der Waals surface area contributed by atoms with Crippen LogP contribution >= 0.6 is 11.5 Å². The Hall–Kier alpha value is -1.08. The molecule has 0 aromatic carbocycles. The SMILES string of the molecule is CC(C)(C)[C@@H](N)C(=O)Nc1nnns1. The van der Waals surface area contributed by atoms with Crippen molar-refractivity contribution in [3.63, 3.8) is 0 Å². The number of nitrogens with one attached hydrogen (secondary N) is 1. The monoisotopic (exact) mass is 215 g/mol. The van der Waals surface area contributed by atoms with E-state index >= 15 is 0 Å². The van der Waals surface area contributed by atoms with Gasteiger partial charge in [-0.25, -0.2) is 0 Å². The zero-order chi connectivity index (χ0) is 10.8. The number of carbonyl (C=O) groups is 1. The van der Waals surface area contributed by atoms with Gasteiger partial charge in [-0.3, -0.25) is 10.1 Å². The molecule has 1 rings (SSSR count). The van der Waals surface area contributed by atoms with Gasteiger partial charge >= 0.3 is 0 Å². The predicted octanol–water partition coefficient (Wildman–Crippen LogP) is 0.245. The maximum Gasteiger partial charge on any atom is 0.243 e. The quantitative estimate of drug-likeness (QED) is 0.737. The van der Waals surface area contributed by atoms with Crippen LogP contribution in [0.15, 0.2) is 0 Å². The van der Waals surface area contributed by atoms with Crippen molar-refractivity contribution in [1.82, 2.24) is 14.8 Å². The summed E-state index contributed by atoms with van der Waals surface area (Å²) < 4.78 is 3.52. The summed E-state index contributed by atoms with van der Waals surface area (Å²) in [6.45, 7) is 5.70. The van der Waals surface area contributed by atoms with E-state index < -0.39 is 6.04 Å². The minimum Gasteiger partial charge on any atom is -0.319 e. The largest absolute Gasteiger partial charge is 0.319 e. The van der Waals surface area contributed by atoms with Crippen LogP contribution in [-0.4, -0.2) is 26.7 Å². The number of nitrogens with zero attached hydrogens (tertiary/aromatic N) is 3. The highest BCUT2D eigenvalue weighted by atomic mass is 32.1. The first-order chi connectivity index (χ1) is 6.41. The molecule has 0 aliphatic heterocycles. The van der Waals surface area contributed by atoms with Gasteiger partial charge in [0.2, 0.25) is 11.0 Å². The maximum atomic E-state index is 11.5. The van der Waals surface area contributed by atoms with Crippen LogP contribution in [-0.2, 0) is 4.79 Å². The molecular weight excluding hydrogens is 202 g/mol. The van der Waals surface area contributed by atoms with Crippen LogP contribution in [0.2, 0.25) is 0 Å². The lowest BCUT2D eigenvalue weighted by molar-refractivity contribution is -0.119. The summed E-state index contributed by atoms with van der Waals surface area (Å²) in [6, 6.07) is -0.577. The van der Waals surface area contributed by atoms with E-state index in [2.05, 4.69) is 20.1 Å². The highest BCUT2D eigenvalue weighted by Gasteiger charge is 2.27. The molecular formula is C7H13N5OS. The zero-order valence-corrected chi connectivity index (χ0v) is 9.13. The maximum absolute atomic E-state index is 11.5. The van der Waals surface area contributed by atoms with Gasteiger partial charge in [0.15, 0.2) is 0 Å². The molecule has 1 aromatic heterocycles. The number of hydrogen-bond donors (Lipinski definition) is 2. The van der Waals surface area contributed by atoms with Crippen molar-refractivity contribution in [3.05, 3.63) is 0 Å². The number of rotatable bonds is 2. The van der Waals surface area contributed by atoms with Crippen molar-refractivity contribution in [2.24, 2.45) is 11.1 Å². The molecule has 1 heterocycles. The standard InChI is InChI=1S/C7H13N5OS/c1-7(2,3)4(8)5(13)9-6-10-11-12-14-6/h4H,8H2,1-3H3,(H,9,10,12,13)/t4-/m0/s1. The van der Waals surface area contributed by atoms with Crippen LogP contribution in [0.3, 0.4) is 0 Å². The van der Waals surface area contributed by atoms with Crippen molar-refractivity contribution in [2.45, 2.75) is 26.8 Å². The van der Waals surface area contributed by atoms with Crippen molar-refractivity contribution < 1.29 is 4.79 Å². The second kappa shape index (κ2) is 3.97. The second-order valence-electron chi connectivity index (χ2n) is 4.00. The first-order valence-corrected chi connectivity index (χ1v) is 4.90. The van der Waals surface area contributed by atoms with Gasteiger partial charge in [0.25, 0.3) is 0 Å². The third kappa shape index (κ3) is 2.71. The van der Waals surface area contributed by atoms with Gasteiger partial charge in [0, 0.05) is 11.5 Å². The minimum atomic E-state index is -0.577. The molecule has 0 spiro atoms. The van der Waals surface area contributed by atoms with Gasteiger partial charge in [-0.05, 0) is 10.6 Å². The second-order valence-corrected chi connectivity index (χ2v) is 4.73. The fraction of sp³-hybridized carbons (Fsp3) is 0.714. The van der Waals surface area contributed by atoms with Crippen molar-refractivity contribution in [2.75, 3.05) is 5.32 Å². The topological polar surface area (TPSA) is 93.8 Å². The lowest BCUT2D eigenvalue weighted by Gasteiger charge is -2.25. The highest BCUT2D eigenvalue weighted by molar-refractivity contribution is 7.09. The summed E-state index contributed by atoms with van der Waals surface area (Å²) in [5.74, 6) is -0.268. The molecule has 3 N–H and O–H groups in total. The average molecular weight is 215 g/mol. The van der Waals surface area contributed by atoms with Crippen molar-refractivity contribution in [1.29, 1.82) is 0 Å². The Kier molecular flexibility index (Phi) is 3.12. The first kappa shape index (κ1) is 11.0. The Morgan fingerprint density at radius 2 is 2.21 bits per heavy atom. The summed E-state index contributed by atoms with van der Waals surface area (Å²) in [5, 5.41) is 9.87. The Labute approximate surface area is 86.0 Å². The van der Waals surface area contributed by atoms with E-state index in [4.69, 9.17) is 5.73 Å². The lowest BCUT2D eigenvalue weighted by atomic mass is 9.87. The molecule has 0 aliphatic carbocycles. The van der Waals surface area contributed by atoms with E-state index in [0.29, 0.717) is 5.13 Å². The van der Waals surface area contributed by atoms with Crippen LogP contribution in [0.25, 0.3) is 0 Å². The van der Waals surface area contributed by atoms with E-state index in [1.807, 2.05) is 20.8 Å². The van der Waals surface area contributed by atoms with Gasteiger partial charge in [-0.1, -0.05) is 30.4 Å². The fourth-order valence-corrected chi connectivity index (χ4v) is 1.13. The summed E-state index contributed by atoms with van der Waals surface area (Å²) in [5.41, 5.74) is 5.46. The fourth-order valence-electron chi connectivity index (χ4n) is 0.758. The summed E-state index contributed by atoms with van der Waals surface area (Å²) in [7, 11) is 0. The van der Waals surface area contributed by atoms with E-state index in [1.165, 1.54) is 0 Å². The molecule has 0 bridgehead atoms. The van der Waals surface area contributed by atoms with Crippen LogP contribution in [0, 0.1) is 5.41 Å². The molecule has 7 heteroatoms. The molecule has 1 amide bonds. The lowest BCUT2D eigenvalue weighted by Crippen LogP contribution is -2.45. The number of anilines is 1. The third-order valence-electron chi connectivity index (χ3n) is 1.74. The number of amides is 1. The summed E-state index contributed by atoms with van der Waals surface area (Å²) in [4.78, 5) is 11.5. The van der Waals surface area contributed by atoms with E-state index in [0.717, 1.165) is 11.5 Å². The van der Waals surface area contributed by atoms with Crippen molar-refractivity contribution >= 4 is 22.6 Å². The molecule has 0 aliphatic rings. The Balaban J connectivity index is 2.59. The Morgan fingerprint density at radius 3 is 2.64 bits per heavy atom. The highest BCUT2D eigenvalue weighted by Crippen LogP contribution is 2.18. The van der Waals surface area contributed by atoms with Gasteiger partial charge < -0.3 is 5.73 Å². The number of hydrogen-bond acceptors (Lipinski definition) is 6. The molecule has 14 heavy (non-hydrogen) atoms. The van der Waals surface area contributed by atoms with Crippen LogP contribution in [0.1, 0.15) is 20.8 Å². The molecule has 1 atom stereocenters. The normalized spacial score (nSPS) is 13.7. The smallest absolute Gasteiger partial charge is 0.243 e. The van der Waals surface area contributed by atoms with Crippen LogP contribution < -0.4 is 11.1 Å². The molecule has 0 unspecified atom stereocenters. The van der Waals surface area contributed by atoms with Gasteiger partial charge in [0.05, 0.1) is 6.04 Å². The molecule has 0 saturated carbocycles. The number of carbonyl (C=O) groups excluding carboxylic acids is 1. The Bertz CT molecular complexity index is 304. The van der Waals surface area contributed by atoms with Crippen molar-refractivity contribution in [3.8, 4) is 0 Å². The molecule has 0 fully saturated rings. The molecule has 0 saturated heterocycles. The molecule has 6 nitrogen and oxygen atoms in total. The zero-order valence-electron chi connectivity index (χ0n) is 8.31. The van der Waals surface area contributed by atoms with E-state index in [9.17, 15) is 4.79 Å². The van der Waals surface area contributed by atoms with E-state index in [1.54, 1.807) is 0 Å². The molecule has 78 valence electrons. The Morgan fingerprint density at radius 1 is 1.57 bits per heavy atom. The molecule has 1 aromatic rings. The molecule has 0 radical (unpaired) electrons. The minimum absolute atomic E-state index is 0.268. The van der Waals surface area contributed by atoms with Crippen LogP contribution in [0.5, 0.6) is 0 Å². The summed E-state index contributed by atoms with van der Waals surface area (Å²) in [6.07, 6.45) is 0. The predicted molar refractivity (Wildman–Crippen MR) is 53.8 cm³/mol. The van der Waals surface area contributed by atoms with E-state index in [-0.39, 0.29) is 11.3 Å². The van der Waals surface area contributed by atoms with Gasteiger partial charge in [0.1, 0.15) is 0 Å². The van der Waals surface area contributed by atoms with Crippen LogP contribution in [0.4, 0.5) is 5.13 Å². The number of nitrogens with two attached hydrogens (primary N) is 1. The third-order valence-corrected chi connectivity index (χ3v) is 2.26. The summed E-state index contributed by atoms with van der Waals surface area (Å²) >= 11 is 1.02. The average Bonchev–Trinajstić information content (AvgIpc) is 2.53. The van der Waals surface area contributed by atoms with Gasteiger partial charge in [-0.15, -0.1) is 0 Å². The number of aromatic nitrogens is 3. The first-order valence-electron chi connectivity index (χ1n) is 4.13. The van der Waals surface area contributed by atoms with Gasteiger partial charge in [-0.2, -0.15) is 0 Å².